The maximum atomic E-state index is 6.32. The predicted molar refractivity (Wildman–Crippen MR) is 65.7 cm³/mol. The van der Waals surface area contributed by atoms with E-state index in [1.54, 1.807) is 0 Å². The number of ether oxygens (including phenoxy) is 1. The Morgan fingerprint density at radius 3 is 2.78 bits per heavy atom. The molecule has 100 valence electrons. The Morgan fingerprint density at radius 2 is 2.17 bits per heavy atom. The van der Waals surface area contributed by atoms with Crippen molar-refractivity contribution in [3.05, 3.63) is 11.7 Å². The van der Waals surface area contributed by atoms with Crippen LogP contribution in [0.5, 0.6) is 0 Å². The average molecular weight is 251 g/mol. The Bertz CT molecular complexity index is 408. The zero-order valence-electron chi connectivity index (χ0n) is 10.9. The van der Waals surface area contributed by atoms with Crippen LogP contribution in [0.3, 0.4) is 0 Å². The normalized spacial score (nSPS) is 24.3. The molecule has 2 saturated carbocycles. The molecular weight excluding hydrogens is 230 g/mol. The summed E-state index contributed by atoms with van der Waals surface area (Å²) in [6.45, 7) is 2.68. The van der Waals surface area contributed by atoms with Crippen LogP contribution >= 0.6 is 0 Å². The standard InChI is InChI=1S/C13H21N3O2/c1-2-17-10(9-5-6-9)11-15-12(18-16-11)13(14)7-3-4-8-13/h9-10H,2-8,14H2,1H3. The molecule has 2 fully saturated rings. The molecule has 18 heavy (non-hydrogen) atoms. The number of aromatic nitrogens is 2. The van der Waals surface area contributed by atoms with E-state index in [9.17, 15) is 0 Å². The van der Waals surface area contributed by atoms with Crippen LogP contribution in [-0.4, -0.2) is 16.7 Å². The molecule has 1 aromatic rings. The van der Waals surface area contributed by atoms with Gasteiger partial charge in [0.05, 0.1) is 5.54 Å². The Kier molecular flexibility index (Phi) is 3.11. The summed E-state index contributed by atoms with van der Waals surface area (Å²) in [6, 6.07) is 0. The lowest BCUT2D eigenvalue weighted by Crippen LogP contribution is -2.33. The van der Waals surface area contributed by atoms with E-state index >= 15 is 0 Å². The van der Waals surface area contributed by atoms with Crippen molar-refractivity contribution in [1.82, 2.24) is 10.1 Å². The summed E-state index contributed by atoms with van der Waals surface area (Å²) in [5.41, 5.74) is 5.93. The second kappa shape index (κ2) is 4.63. The molecule has 0 aliphatic heterocycles. The first-order valence-electron chi connectivity index (χ1n) is 6.97. The number of nitrogens with zero attached hydrogens (tertiary/aromatic N) is 2. The van der Waals surface area contributed by atoms with E-state index in [0.29, 0.717) is 24.2 Å². The van der Waals surface area contributed by atoms with Crippen molar-refractivity contribution in [1.29, 1.82) is 0 Å². The average Bonchev–Trinajstić information content (AvgIpc) is 2.89. The van der Waals surface area contributed by atoms with Crippen molar-refractivity contribution in [3.8, 4) is 0 Å². The molecule has 0 amide bonds. The lowest BCUT2D eigenvalue weighted by atomic mass is 9.99. The van der Waals surface area contributed by atoms with E-state index in [0.717, 1.165) is 25.7 Å². The van der Waals surface area contributed by atoms with Crippen molar-refractivity contribution in [3.63, 3.8) is 0 Å². The number of rotatable bonds is 5. The molecule has 3 rings (SSSR count). The molecule has 0 radical (unpaired) electrons. The molecule has 1 aromatic heterocycles. The van der Waals surface area contributed by atoms with Crippen LogP contribution in [0.15, 0.2) is 4.52 Å². The van der Waals surface area contributed by atoms with Crippen LogP contribution < -0.4 is 5.73 Å². The fourth-order valence-corrected chi connectivity index (χ4v) is 2.77. The quantitative estimate of drug-likeness (QED) is 0.869. The number of hydrogen-bond donors (Lipinski definition) is 1. The smallest absolute Gasteiger partial charge is 0.246 e. The molecule has 0 spiro atoms. The summed E-state index contributed by atoms with van der Waals surface area (Å²) >= 11 is 0. The zero-order valence-corrected chi connectivity index (χ0v) is 10.9. The molecule has 5 heteroatoms. The van der Waals surface area contributed by atoms with Gasteiger partial charge in [-0.2, -0.15) is 4.98 Å². The first-order valence-corrected chi connectivity index (χ1v) is 6.97. The van der Waals surface area contributed by atoms with Gasteiger partial charge in [-0.05, 0) is 38.5 Å². The van der Waals surface area contributed by atoms with Gasteiger partial charge in [-0.1, -0.05) is 18.0 Å². The van der Waals surface area contributed by atoms with Crippen LogP contribution in [0.25, 0.3) is 0 Å². The Balaban J connectivity index is 1.79. The topological polar surface area (TPSA) is 74.2 Å². The van der Waals surface area contributed by atoms with Crippen LogP contribution in [0.1, 0.15) is 63.3 Å². The van der Waals surface area contributed by atoms with Crippen molar-refractivity contribution in [2.45, 2.75) is 57.1 Å². The fourth-order valence-electron chi connectivity index (χ4n) is 2.77. The molecule has 1 atom stereocenters. The van der Waals surface area contributed by atoms with Gasteiger partial charge in [0.2, 0.25) is 11.7 Å². The molecule has 2 aliphatic carbocycles. The van der Waals surface area contributed by atoms with Crippen LogP contribution in [0.4, 0.5) is 0 Å². The highest BCUT2D eigenvalue weighted by molar-refractivity contribution is 5.07. The Labute approximate surface area is 107 Å². The van der Waals surface area contributed by atoms with Gasteiger partial charge < -0.3 is 15.0 Å². The minimum Gasteiger partial charge on any atom is -0.370 e. The van der Waals surface area contributed by atoms with E-state index in [4.69, 9.17) is 15.0 Å². The third-order valence-corrected chi connectivity index (χ3v) is 4.01. The van der Waals surface area contributed by atoms with Gasteiger partial charge in [-0.25, -0.2) is 0 Å². The Hall–Kier alpha value is -0.940. The minimum absolute atomic E-state index is 0.00231. The zero-order chi connectivity index (χ0) is 12.6. The SMILES string of the molecule is CCOC(c1noc(C2(N)CCCC2)n1)C1CC1. The monoisotopic (exact) mass is 251 g/mol. The molecule has 1 heterocycles. The third kappa shape index (κ3) is 2.17. The van der Waals surface area contributed by atoms with E-state index < -0.39 is 5.54 Å². The molecule has 2 N–H and O–H groups in total. The molecule has 5 nitrogen and oxygen atoms in total. The highest BCUT2D eigenvalue weighted by Gasteiger charge is 2.40. The van der Waals surface area contributed by atoms with Gasteiger partial charge in [0.15, 0.2) is 0 Å². The van der Waals surface area contributed by atoms with E-state index in [1.165, 1.54) is 12.8 Å². The van der Waals surface area contributed by atoms with E-state index in [-0.39, 0.29) is 6.10 Å². The molecular formula is C13H21N3O2. The summed E-state index contributed by atoms with van der Waals surface area (Å²) < 4.78 is 11.1. The predicted octanol–water partition coefficient (Wildman–Crippen LogP) is 2.29. The maximum Gasteiger partial charge on any atom is 0.246 e. The first kappa shape index (κ1) is 12.1. The summed E-state index contributed by atoms with van der Waals surface area (Å²) in [4.78, 5) is 4.52. The summed E-state index contributed by atoms with van der Waals surface area (Å²) in [7, 11) is 0. The molecule has 0 aromatic carbocycles. The second-order valence-electron chi connectivity index (χ2n) is 5.53. The van der Waals surface area contributed by atoms with Gasteiger partial charge in [0, 0.05) is 6.61 Å². The van der Waals surface area contributed by atoms with Crippen LogP contribution in [0, 0.1) is 5.92 Å². The van der Waals surface area contributed by atoms with Crippen molar-refractivity contribution in [2.24, 2.45) is 11.7 Å². The number of nitrogens with two attached hydrogens (primary N) is 1. The van der Waals surface area contributed by atoms with Crippen molar-refractivity contribution < 1.29 is 9.26 Å². The molecule has 1 unspecified atom stereocenters. The third-order valence-electron chi connectivity index (χ3n) is 4.01. The van der Waals surface area contributed by atoms with Gasteiger partial charge in [-0.15, -0.1) is 0 Å². The van der Waals surface area contributed by atoms with E-state index in [1.807, 2.05) is 6.92 Å². The van der Waals surface area contributed by atoms with Gasteiger partial charge in [0.25, 0.3) is 0 Å². The van der Waals surface area contributed by atoms with Gasteiger partial charge in [-0.3, -0.25) is 0 Å². The lowest BCUT2D eigenvalue weighted by molar-refractivity contribution is 0.0384. The lowest BCUT2D eigenvalue weighted by Gasteiger charge is -2.17. The summed E-state index contributed by atoms with van der Waals surface area (Å²) in [6.07, 6.45) is 6.56. The number of hydrogen-bond acceptors (Lipinski definition) is 5. The van der Waals surface area contributed by atoms with Gasteiger partial charge >= 0.3 is 0 Å². The largest absolute Gasteiger partial charge is 0.370 e. The molecule has 0 bridgehead atoms. The van der Waals surface area contributed by atoms with Crippen LogP contribution in [0.2, 0.25) is 0 Å². The van der Waals surface area contributed by atoms with Gasteiger partial charge in [0.1, 0.15) is 6.10 Å². The summed E-state index contributed by atoms with van der Waals surface area (Å²) in [5, 5.41) is 4.10. The minimum atomic E-state index is -0.397. The summed E-state index contributed by atoms with van der Waals surface area (Å²) in [5.74, 6) is 1.85. The Morgan fingerprint density at radius 1 is 1.44 bits per heavy atom. The maximum absolute atomic E-state index is 6.32. The molecule has 0 saturated heterocycles. The van der Waals surface area contributed by atoms with Crippen molar-refractivity contribution >= 4 is 0 Å². The fraction of sp³-hybridized carbons (Fsp3) is 0.846. The molecule has 2 aliphatic rings. The second-order valence-corrected chi connectivity index (χ2v) is 5.53. The van der Waals surface area contributed by atoms with Crippen LogP contribution in [-0.2, 0) is 10.3 Å². The first-order chi connectivity index (χ1) is 8.73. The highest BCUT2D eigenvalue weighted by Crippen LogP contribution is 2.43. The highest BCUT2D eigenvalue weighted by atomic mass is 16.5. The van der Waals surface area contributed by atoms with E-state index in [2.05, 4.69) is 10.1 Å². The van der Waals surface area contributed by atoms with Crippen molar-refractivity contribution in [2.75, 3.05) is 6.61 Å².